The molecule has 10 nitrogen and oxygen atoms in total. The molecule has 2 N–H and O–H groups in total. The van der Waals surface area contributed by atoms with Crippen molar-refractivity contribution in [3.63, 3.8) is 0 Å². The molecule has 0 aliphatic carbocycles. The normalized spacial score (nSPS) is 11.6. The quantitative estimate of drug-likeness (QED) is 0.295. The lowest BCUT2D eigenvalue weighted by atomic mass is 10.3. The van der Waals surface area contributed by atoms with Crippen LogP contribution in [0.3, 0.4) is 0 Å². The Balaban J connectivity index is 1.83. The van der Waals surface area contributed by atoms with E-state index in [4.69, 9.17) is 0 Å². The lowest BCUT2D eigenvalue weighted by molar-refractivity contribution is -0.385. The van der Waals surface area contributed by atoms with Crippen molar-refractivity contribution in [1.82, 2.24) is 19.8 Å². The summed E-state index contributed by atoms with van der Waals surface area (Å²) in [5.74, 6) is -0.386. The molecule has 0 radical (unpaired) electrons. The van der Waals surface area contributed by atoms with Crippen molar-refractivity contribution in [3.8, 4) is 0 Å². The molecule has 2 aromatic rings. The molecule has 11 heteroatoms. The highest BCUT2D eigenvalue weighted by molar-refractivity contribution is 7.89. The van der Waals surface area contributed by atoms with Crippen LogP contribution in [0.4, 0.5) is 5.69 Å². The van der Waals surface area contributed by atoms with Crippen molar-refractivity contribution in [1.29, 1.82) is 0 Å². The summed E-state index contributed by atoms with van der Waals surface area (Å²) < 4.78 is 28.1. The Morgan fingerprint density at radius 3 is 2.81 bits per heavy atom. The van der Waals surface area contributed by atoms with Gasteiger partial charge in [0.2, 0.25) is 15.9 Å². The summed E-state index contributed by atoms with van der Waals surface area (Å²) in [4.78, 5) is 21.5. The van der Waals surface area contributed by atoms with Gasteiger partial charge in [-0.2, -0.15) is 5.10 Å². The standard InChI is InChI=1S/C15H17N5O5S/c1-19-11-12(10-17-19)5-6-15(21)16-7-8-18-26(24,25)14-4-2-3-13(9-14)20(22)23/h2-6,9-11,18H,7-8H2,1H3,(H,16,21)/b6-5+. The Bertz CT molecular complexity index is 935. The van der Waals surface area contributed by atoms with Crippen molar-refractivity contribution < 1.29 is 18.1 Å². The number of amides is 1. The Kier molecular flexibility index (Phi) is 6.20. The highest BCUT2D eigenvalue weighted by Gasteiger charge is 2.16. The molecule has 0 unspecified atom stereocenters. The number of aryl methyl sites for hydroxylation is 1. The molecule has 138 valence electrons. The number of benzene rings is 1. The third-order valence-corrected chi connectivity index (χ3v) is 4.67. The van der Waals surface area contributed by atoms with E-state index in [0.29, 0.717) is 0 Å². The second-order valence-electron chi connectivity index (χ2n) is 5.22. The molecule has 1 amide bonds. The topological polar surface area (TPSA) is 136 Å². The van der Waals surface area contributed by atoms with Gasteiger partial charge in [0.1, 0.15) is 0 Å². The zero-order valence-electron chi connectivity index (χ0n) is 13.8. The van der Waals surface area contributed by atoms with Crippen LogP contribution in [-0.4, -0.2) is 42.1 Å². The van der Waals surface area contributed by atoms with Gasteiger partial charge in [-0.25, -0.2) is 13.1 Å². The van der Waals surface area contributed by atoms with Crippen LogP contribution in [-0.2, 0) is 21.9 Å². The third kappa shape index (κ3) is 5.50. The first-order chi connectivity index (χ1) is 12.3. The van der Waals surface area contributed by atoms with Gasteiger partial charge >= 0.3 is 0 Å². The number of hydrogen-bond donors (Lipinski definition) is 2. The number of carbonyl (C=O) groups excluding carboxylic acids is 1. The number of nitrogens with one attached hydrogen (secondary N) is 2. The van der Waals surface area contributed by atoms with E-state index in [0.717, 1.165) is 11.6 Å². The maximum atomic E-state index is 12.1. The first-order valence-corrected chi connectivity index (χ1v) is 8.95. The fourth-order valence-electron chi connectivity index (χ4n) is 1.98. The second-order valence-corrected chi connectivity index (χ2v) is 6.99. The van der Waals surface area contributed by atoms with Gasteiger partial charge < -0.3 is 5.32 Å². The van der Waals surface area contributed by atoms with E-state index in [2.05, 4.69) is 15.1 Å². The first-order valence-electron chi connectivity index (χ1n) is 7.46. The highest BCUT2D eigenvalue weighted by atomic mass is 32.2. The number of rotatable bonds is 8. The number of sulfonamides is 1. The molecule has 0 aliphatic heterocycles. The Labute approximate surface area is 149 Å². The van der Waals surface area contributed by atoms with Crippen LogP contribution in [0.1, 0.15) is 5.56 Å². The largest absolute Gasteiger partial charge is 0.351 e. The molecule has 0 atom stereocenters. The van der Waals surface area contributed by atoms with E-state index >= 15 is 0 Å². The fraction of sp³-hybridized carbons (Fsp3) is 0.200. The highest BCUT2D eigenvalue weighted by Crippen LogP contribution is 2.16. The number of carbonyl (C=O) groups is 1. The number of hydrogen-bond acceptors (Lipinski definition) is 6. The van der Waals surface area contributed by atoms with E-state index < -0.39 is 14.9 Å². The van der Waals surface area contributed by atoms with Crippen LogP contribution in [0, 0.1) is 10.1 Å². The van der Waals surface area contributed by atoms with E-state index in [1.54, 1.807) is 30.2 Å². The predicted octanol–water partition coefficient (Wildman–Crippen LogP) is 0.436. The van der Waals surface area contributed by atoms with Gasteiger partial charge in [-0.3, -0.25) is 19.6 Å². The number of aromatic nitrogens is 2. The van der Waals surface area contributed by atoms with Crippen LogP contribution < -0.4 is 10.0 Å². The average Bonchev–Trinajstić information content (AvgIpc) is 3.02. The molecule has 1 aromatic carbocycles. The summed E-state index contributed by atoms with van der Waals surface area (Å²) in [6, 6.07) is 4.72. The monoisotopic (exact) mass is 379 g/mol. The Morgan fingerprint density at radius 2 is 2.15 bits per heavy atom. The van der Waals surface area contributed by atoms with Crippen molar-refractivity contribution in [2.24, 2.45) is 7.05 Å². The first kappa shape index (κ1) is 19.3. The third-order valence-electron chi connectivity index (χ3n) is 3.21. The summed E-state index contributed by atoms with van der Waals surface area (Å²) in [5, 5.41) is 17.2. The maximum absolute atomic E-state index is 12.1. The minimum atomic E-state index is -3.90. The summed E-state index contributed by atoms with van der Waals surface area (Å²) in [7, 11) is -2.15. The van der Waals surface area contributed by atoms with E-state index in [1.165, 1.54) is 24.3 Å². The van der Waals surface area contributed by atoms with Crippen LogP contribution in [0.25, 0.3) is 6.08 Å². The summed E-state index contributed by atoms with van der Waals surface area (Å²) in [6.45, 7) is 0.00185. The molecule has 0 saturated heterocycles. The fourth-order valence-corrected chi connectivity index (χ4v) is 3.05. The van der Waals surface area contributed by atoms with Gasteiger partial charge in [-0.1, -0.05) is 6.07 Å². The average molecular weight is 379 g/mol. The van der Waals surface area contributed by atoms with Gasteiger partial charge in [-0.15, -0.1) is 0 Å². The molecule has 2 rings (SSSR count). The van der Waals surface area contributed by atoms with Gasteiger partial charge in [0.05, 0.1) is 16.0 Å². The van der Waals surface area contributed by atoms with Gasteiger partial charge in [-0.05, 0) is 12.1 Å². The van der Waals surface area contributed by atoms with Gasteiger partial charge in [0, 0.05) is 50.1 Å². The predicted molar refractivity (Wildman–Crippen MR) is 93.5 cm³/mol. The molecule has 1 heterocycles. The van der Waals surface area contributed by atoms with Crippen molar-refractivity contribution in [2.45, 2.75) is 4.90 Å². The molecular weight excluding hydrogens is 362 g/mol. The molecule has 0 fully saturated rings. The molecule has 0 saturated carbocycles. The lowest BCUT2D eigenvalue weighted by Crippen LogP contribution is -2.34. The van der Waals surface area contributed by atoms with Crippen molar-refractivity contribution in [2.75, 3.05) is 13.1 Å². The molecule has 0 bridgehead atoms. The van der Waals surface area contributed by atoms with Crippen molar-refractivity contribution in [3.05, 3.63) is 58.4 Å². The lowest BCUT2D eigenvalue weighted by Gasteiger charge is -2.07. The van der Waals surface area contributed by atoms with E-state index in [-0.39, 0.29) is 29.6 Å². The molecule has 26 heavy (non-hydrogen) atoms. The number of nitro groups is 1. The van der Waals surface area contributed by atoms with Crippen LogP contribution in [0.2, 0.25) is 0 Å². The van der Waals surface area contributed by atoms with E-state index in [1.807, 2.05) is 0 Å². The zero-order valence-corrected chi connectivity index (χ0v) is 14.6. The van der Waals surface area contributed by atoms with Crippen LogP contribution in [0.5, 0.6) is 0 Å². The minimum absolute atomic E-state index is 0.0580. The molecule has 1 aromatic heterocycles. The summed E-state index contributed by atoms with van der Waals surface area (Å²) in [5.41, 5.74) is 0.441. The van der Waals surface area contributed by atoms with Crippen LogP contribution in [0.15, 0.2) is 47.6 Å². The van der Waals surface area contributed by atoms with Gasteiger partial charge in [0.25, 0.3) is 5.69 Å². The number of non-ortho nitro benzene ring substituents is 1. The summed E-state index contributed by atoms with van der Waals surface area (Å²) >= 11 is 0. The SMILES string of the molecule is Cn1cc(/C=C/C(=O)NCCNS(=O)(=O)c2cccc([N+](=O)[O-])c2)cn1. The Morgan fingerprint density at radius 1 is 1.38 bits per heavy atom. The maximum Gasteiger partial charge on any atom is 0.270 e. The molecular formula is C15H17N5O5S. The zero-order chi connectivity index (χ0) is 19.2. The smallest absolute Gasteiger partial charge is 0.270 e. The second kappa shape index (κ2) is 8.36. The summed E-state index contributed by atoms with van der Waals surface area (Å²) in [6.07, 6.45) is 6.22. The molecule has 0 aliphatic rings. The van der Waals surface area contributed by atoms with Crippen molar-refractivity contribution >= 4 is 27.7 Å². The van der Waals surface area contributed by atoms with Gasteiger partial charge in [0.15, 0.2) is 0 Å². The Hall–Kier alpha value is -3.05. The van der Waals surface area contributed by atoms with E-state index in [9.17, 15) is 23.3 Å². The molecule has 0 spiro atoms. The minimum Gasteiger partial charge on any atom is -0.351 e. The van der Waals surface area contributed by atoms with Crippen LogP contribution >= 0.6 is 0 Å². The number of nitro benzene ring substituents is 1. The number of nitrogens with zero attached hydrogens (tertiary/aromatic N) is 3.